The Bertz CT molecular complexity index is 816. The maximum absolute atomic E-state index is 13.1. The number of methoxy groups -OCH3 is 1. The van der Waals surface area contributed by atoms with E-state index in [1.807, 2.05) is 12.3 Å². The van der Waals surface area contributed by atoms with E-state index in [9.17, 15) is 4.39 Å². The summed E-state index contributed by atoms with van der Waals surface area (Å²) in [6.07, 6.45) is 4.44. The van der Waals surface area contributed by atoms with Crippen molar-refractivity contribution in [2.45, 2.75) is 25.1 Å². The molecular weight excluding hydrogens is 323 g/mol. The molecule has 25 heavy (non-hydrogen) atoms. The van der Waals surface area contributed by atoms with Crippen LogP contribution in [0.4, 0.5) is 4.39 Å². The second-order valence-corrected chi connectivity index (χ2v) is 6.14. The van der Waals surface area contributed by atoms with Crippen LogP contribution in [0, 0.1) is 5.82 Å². The van der Waals surface area contributed by atoms with Gasteiger partial charge in [0.2, 0.25) is 0 Å². The van der Waals surface area contributed by atoms with E-state index in [4.69, 9.17) is 4.74 Å². The van der Waals surface area contributed by atoms with Gasteiger partial charge < -0.3 is 4.74 Å². The summed E-state index contributed by atoms with van der Waals surface area (Å²) in [5, 5.41) is 11.5. The molecule has 0 saturated carbocycles. The molecule has 2 aromatic heterocycles. The zero-order valence-corrected chi connectivity index (χ0v) is 13.8. The minimum atomic E-state index is -0.256. The lowest BCUT2D eigenvalue weighted by Gasteiger charge is -2.20. The maximum Gasteiger partial charge on any atom is 0.141 e. The minimum Gasteiger partial charge on any atom is -0.380 e. The van der Waals surface area contributed by atoms with Gasteiger partial charge in [-0.2, -0.15) is 10.2 Å². The summed E-state index contributed by atoms with van der Waals surface area (Å²) in [7, 11) is 1.73. The molecule has 3 aromatic rings. The van der Waals surface area contributed by atoms with Crippen molar-refractivity contribution in [2.75, 3.05) is 13.7 Å². The standard InChI is InChI=1S/C17H19FN6O/c1-25-15-8-16(17-19-11-20-21-17)23(10-15)9-13-6-7-24(22-13)14-4-2-12(18)3-5-14/h2-7,11,15-16H,8-10H2,1H3,(H,19,20,21)/t15-,16+/m1/s1. The van der Waals surface area contributed by atoms with E-state index in [0.29, 0.717) is 6.54 Å². The van der Waals surface area contributed by atoms with Crippen LogP contribution in [0.3, 0.4) is 0 Å². The number of hydrogen-bond acceptors (Lipinski definition) is 5. The first-order valence-corrected chi connectivity index (χ1v) is 8.15. The van der Waals surface area contributed by atoms with Gasteiger partial charge in [0.1, 0.15) is 18.0 Å². The number of rotatable bonds is 5. The monoisotopic (exact) mass is 342 g/mol. The summed E-state index contributed by atoms with van der Waals surface area (Å²) in [6.45, 7) is 1.49. The SMILES string of the molecule is CO[C@@H]1C[C@@H](c2ncn[nH]2)N(Cc2ccn(-c3ccc(F)cc3)n2)C1. The third kappa shape index (κ3) is 3.31. The first-order valence-electron chi connectivity index (χ1n) is 8.15. The number of likely N-dealkylation sites (tertiary alicyclic amines) is 1. The van der Waals surface area contributed by atoms with Crippen LogP contribution >= 0.6 is 0 Å². The molecule has 1 aromatic carbocycles. The Hall–Kier alpha value is -2.58. The summed E-state index contributed by atoms with van der Waals surface area (Å²) in [4.78, 5) is 6.58. The summed E-state index contributed by atoms with van der Waals surface area (Å²) >= 11 is 0. The summed E-state index contributed by atoms with van der Waals surface area (Å²) in [6, 6.07) is 8.38. The van der Waals surface area contributed by atoms with Crippen LogP contribution in [0.5, 0.6) is 0 Å². The number of aromatic nitrogens is 5. The first kappa shape index (κ1) is 15.9. The minimum absolute atomic E-state index is 0.128. The molecule has 1 aliphatic heterocycles. The number of H-pyrrole nitrogens is 1. The first-order chi connectivity index (χ1) is 12.2. The Morgan fingerprint density at radius 1 is 1.28 bits per heavy atom. The second-order valence-electron chi connectivity index (χ2n) is 6.14. The van der Waals surface area contributed by atoms with Crippen molar-refractivity contribution in [1.82, 2.24) is 29.9 Å². The van der Waals surface area contributed by atoms with Gasteiger partial charge in [-0.3, -0.25) is 10.00 Å². The van der Waals surface area contributed by atoms with E-state index < -0.39 is 0 Å². The van der Waals surface area contributed by atoms with E-state index in [0.717, 1.165) is 30.2 Å². The van der Waals surface area contributed by atoms with Crippen molar-refractivity contribution in [1.29, 1.82) is 0 Å². The highest BCUT2D eigenvalue weighted by atomic mass is 19.1. The molecule has 1 aliphatic rings. The average molecular weight is 342 g/mol. The molecule has 130 valence electrons. The van der Waals surface area contributed by atoms with E-state index >= 15 is 0 Å². The molecule has 1 fully saturated rings. The lowest BCUT2D eigenvalue weighted by molar-refractivity contribution is 0.107. The fourth-order valence-corrected chi connectivity index (χ4v) is 3.26. The molecule has 0 unspecified atom stereocenters. The smallest absolute Gasteiger partial charge is 0.141 e. The molecule has 0 bridgehead atoms. The molecule has 0 amide bonds. The molecule has 4 rings (SSSR count). The summed E-state index contributed by atoms with van der Waals surface area (Å²) in [5.74, 6) is 0.589. The van der Waals surface area contributed by atoms with Gasteiger partial charge in [-0.1, -0.05) is 0 Å². The quantitative estimate of drug-likeness (QED) is 0.769. The van der Waals surface area contributed by atoms with E-state index in [2.05, 4.69) is 25.2 Å². The van der Waals surface area contributed by atoms with E-state index in [1.165, 1.54) is 18.5 Å². The molecule has 3 heterocycles. The van der Waals surface area contributed by atoms with Crippen molar-refractivity contribution < 1.29 is 9.13 Å². The van der Waals surface area contributed by atoms with Crippen molar-refractivity contribution in [3.05, 3.63) is 60.2 Å². The molecule has 1 N–H and O–H groups in total. The van der Waals surface area contributed by atoms with Crippen LogP contribution in [0.1, 0.15) is 24.0 Å². The highest BCUT2D eigenvalue weighted by Gasteiger charge is 2.35. The van der Waals surface area contributed by atoms with Gasteiger partial charge in [-0.15, -0.1) is 0 Å². The van der Waals surface area contributed by atoms with Crippen molar-refractivity contribution in [3.63, 3.8) is 0 Å². The van der Waals surface area contributed by atoms with Gasteiger partial charge in [-0.25, -0.2) is 14.1 Å². The molecule has 0 spiro atoms. The predicted octanol–water partition coefficient (Wildman–Crippen LogP) is 2.09. The Morgan fingerprint density at radius 2 is 2.12 bits per heavy atom. The van der Waals surface area contributed by atoms with Crippen LogP contribution in [-0.4, -0.2) is 49.6 Å². The third-order valence-corrected chi connectivity index (χ3v) is 4.55. The van der Waals surface area contributed by atoms with Crippen LogP contribution in [-0.2, 0) is 11.3 Å². The highest BCUT2D eigenvalue weighted by Crippen LogP contribution is 2.32. The van der Waals surface area contributed by atoms with E-state index in [1.54, 1.807) is 23.9 Å². The fraction of sp³-hybridized carbons (Fsp3) is 0.353. The van der Waals surface area contributed by atoms with Crippen LogP contribution < -0.4 is 0 Å². The number of benzene rings is 1. The van der Waals surface area contributed by atoms with Crippen LogP contribution in [0.15, 0.2) is 42.9 Å². The topological polar surface area (TPSA) is 71.9 Å². The van der Waals surface area contributed by atoms with Crippen LogP contribution in [0.25, 0.3) is 5.69 Å². The van der Waals surface area contributed by atoms with Crippen molar-refractivity contribution >= 4 is 0 Å². The summed E-state index contributed by atoms with van der Waals surface area (Å²) in [5.41, 5.74) is 1.77. The molecule has 0 aliphatic carbocycles. The number of ether oxygens (including phenoxy) is 1. The average Bonchev–Trinajstić information content (AvgIpc) is 3.36. The van der Waals surface area contributed by atoms with Gasteiger partial charge in [0.25, 0.3) is 0 Å². The number of nitrogens with zero attached hydrogens (tertiary/aromatic N) is 5. The Balaban J connectivity index is 1.52. The Kier molecular flexibility index (Phi) is 4.29. The summed E-state index contributed by atoms with van der Waals surface area (Å²) < 4.78 is 20.3. The van der Waals surface area contributed by atoms with Gasteiger partial charge in [0.05, 0.1) is 23.5 Å². The van der Waals surface area contributed by atoms with Gasteiger partial charge in [0.15, 0.2) is 0 Å². The lowest BCUT2D eigenvalue weighted by atomic mass is 10.2. The largest absolute Gasteiger partial charge is 0.380 e. The number of hydrogen-bond donors (Lipinski definition) is 1. The van der Waals surface area contributed by atoms with Crippen molar-refractivity contribution in [3.8, 4) is 5.69 Å². The van der Waals surface area contributed by atoms with E-state index in [-0.39, 0.29) is 18.0 Å². The number of nitrogens with one attached hydrogen (secondary N) is 1. The fourth-order valence-electron chi connectivity index (χ4n) is 3.26. The van der Waals surface area contributed by atoms with Crippen LogP contribution in [0.2, 0.25) is 0 Å². The zero-order valence-electron chi connectivity index (χ0n) is 13.8. The number of aromatic amines is 1. The second kappa shape index (κ2) is 6.73. The molecule has 8 heteroatoms. The Labute approximate surface area is 144 Å². The highest BCUT2D eigenvalue weighted by molar-refractivity contribution is 5.31. The molecule has 7 nitrogen and oxygen atoms in total. The third-order valence-electron chi connectivity index (χ3n) is 4.55. The Morgan fingerprint density at radius 3 is 2.84 bits per heavy atom. The van der Waals surface area contributed by atoms with Gasteiger partial charge in [0, 0.05) is 26.4 Å². The molecular formula is C17H19FN6O. The maximum atomic E-state index is 13.1. The molecule has 2 atom stereocenters. The van der Waals surface area contributed by atoms with Gasteiger partial charge in [-0.05, 0) is 36.8 Å². The number of halogens is 1. The molecule has 0 radical (unpaired) electrons. The lowest BCUT2D eigenvalue weighted by Crippen LogP contribution is -2.25. The molecule has 1 saturated heterocycles. The zero-order chi connectivity index (χ0) is 17.2. The normalized spacial score (nSPS) is 21.0. The van der Waals surface area contributed by atoms with Crippen molar-refractivity contribution in [2.24, 2.45) is 0 Å². The van der Waals surface area contributed by atoms with Gasteiger partial charge >= 0.3 is 0 Å². The predicted molar refractivity (Wildman–Crippen MR) is 88.5 cm³/mol.